The molecule has 0 spiro atoms. The number of ether oxygens (including phenoxy) is 1. The lowest BCUT2D eigenvalue weighted by Crippen LogP contribution is -2.62. The SMILES string of the molecule is CCC(=O)NC(=O)N1CCN(CC(=O)O)C(=O)C1CC(=O)OC.Nc1ccccn1. The zero-order valence-electron chi connectivity index (χ0n) is 16.7. The van der Waals surface area contributed by atoms with Gasteiger partial charge in [0.05, 0.1) is 13.5 Å². The number of hydrogen-bond acceptors (Lipinski definition) is 8. The third kappa shape index (κ3) is 7.73. The molecular formula is C18H25N5O7. The summed E-state index contributed by atoms with van der Waals surface area (Å²) in [5, 5.41) is 10.9. The highest BCUT2D eigenvalue weighted by molar-refractivity contribution is 5.98. The summed E-state index contributed by atoms with van der Waals surface area (Å²) in [6.07, 6.45) is 1.33. The molecule has 1 saturated heterocycles. The van der Waals surface area contributed by atoms with E-state index in [0.717, 1.165) is 16.9 Å². The molecule has 12 heteroatoms. The Hall–Kier alpha value is -3.70. The first-order valence-electron chi connectivity index (χ1n) is 9.03. The number of imide groups is 1. The number of carbonyl (C=O) groups excluding carboxylic acids is 4. The topological polar surface area (TPSA) is 172 Å². The molecule has 30 heavy (non-hydrogen) atoms. The lowest BCUT2D eigenvalue weighted by atomic mass is 10.1. The van der Waals surface area contributed by atoms with E-state index in [2.05, 4.69) is 15.0 Å². The number of carbonyl (C=O) groups is 5. The fraction of sp³-hybridized carbons (Fsp3) is 0.444. The smallest absolute Gasteiger partial charge is 0.324 e. The average Bonchev–Trinajstić information content (AvgIpc) is 2.71. The summed E-state index contributed by atoms with van der Waals surface area (Å²) in [6, 6.07) is 3.42. The van der Waals surface area contributed by atoms with Gasteiger partial charge in [0, 0.05) is 25.7 Å². The maximum absolute atomic E-state index is 12.3. The van der Waals surface area contributed by atoms with Gasteiger partial charge < -0.3 is 25.4 Å². The van der Waals surface area contributed by atoms with Gasteiger partial charge in [0.15, 0.2) is 0 Å². The van der Waals surface area contributed by atoms with E-state index in [1.807, 2.05) is 12.1 Å². The average molecular weight is 423 g/mol. The molecule has 0 aromatic carbocycles. The number of nitrogens with zero attached hydrogens (tertiary/aromatic N) is 3. The molecule has 0 aliphatic carbocycles. The number of amides is 4. The van der Waals surface area contributed by atoms with Gasteiger partial charge in [-0.1, -0.05) is 13.0 Å². The Morgan fingerprint density at radius 2 is 2.00 bits per heavy atom. The summed E-state index contributed by atoms with van der Waals surface area (Å²) in [7, 11) is 1.13. The van der Waals surface area contributed by atoms with Crippen molar-refractivity contribution in [1.29, 1.82) is 0 Å². The molecule has 1 atom stereocenters. The van der Waals surface area contributed by atoms with Crippen molar-refractivity contribution in [2.75, 3.05) is 32.5 Å². The van der Waals surface area contributed by atoms with Crippen LogP contribution >= 0.6 is 0 Å². The van der Waals surface area contributed by atoms with Gasteiger partial charge in [-0.3, -0.25) is 24.5 Å². The standard InChI is InChI=1S/C13H19N3O7.C5H6N2/c1-3-9(17)14-13(22)16-5-4-15(7-10(18)19)12(21)8(16)6-11(20)23-2;6-5-3-1-2-4-7-5/h8H,3-7H2,1-2H3,(H,18,19)(H,14,17,22);1-4H,(H2,6,7). The Labute approximate surface area is 173 Å². The number of hydrogen-bond donors (Lipinski definition) is 3. The van der Waals surface area contributed by atoms with Crippen molar-refractivity contribution in [3.63, 3.8) is 0 Å². The van der Waals surface area contributed by atoms with Gasteiger partial charge in [-0.05, 0) is 12.1 Å². The second kappa shape index (κ2) is 12.0. The van der Waals surface area contributed by atoms with Crippen LogP contribution in [0.15, 0.2) is 24.4 Å². The molecule has 4 N–H and O–H groups in total. The van der Waals surface area contributed by atoms with Gasteiger partial charge >= 0.3 is 18.0 Å². The van der Waals surface area contributed by atoms with Crippen LogP contribution < -0.4 is 11.1 Å². The van der Waals surface area contributed by atoms with Crippen LogP contribution in [0.2, 0.25) is 0 Å². The van der Waals surface area contributed by atoms with Crippen molar-refractivity contribution in [2.45, 2.75) is 25.8 Å². The molecule has 0 radical (unpaired) electrons. The van der Waals surface area contributed by atoms with Crippen molar-refractivity contribution in [3.05, 3.63) is 24.4 Å². The Morgan fingerprint density at radius 1 is 1.30 bits per heavy atom. The third-order valence-corrected chi connectivity index (χ3v) is 4.01. The van der Waals surface area contributed by atoms with E-state index in [1.165, 1.54) is 0 Å². The number of pyridine rings is 1. The first-order chi connectivity index (χ1) is 14.2. The minimum absolute atomic E-state index is 0.00343. The van der Waals surface area contributed by atoms with Gasteiger partial charge in [0.2, 0.25) is 11.8 Å². The van der Waals surface area contributed by atoms with Crippen molar-refractivity contribution >= 4 is 35.6 Å². The highest BCUT2D eigenvalue weighted by Gasteiger charge is 2.39. The fourth-order valence-corrected chi connectivity index (χ4v) is 2.50. The highest BCUT2D eigenvalue weighted by atomic mass is 16.5. The molecule has 0 bridgehead atoms. The molecule has 2 heterocycles. The van der Waals surface area contributed by atoms with Crippen LogP contribution in [0.25, 0.3) is 0 Å². The molecule has 4 amide bonds. The number of urea groups is 1. The number of nitrogen functional groups attached to an aromatic ring is 1. The number of carboxylic acids is 1. The molecule has 12 nitrogen and oxygen atoms in total. The molecule has 1 fully saturated rings. The van der Waals surface area contributed by atoms with E-state index < -0.39 is 48.8 Å². The molecule has 1 unspecified atom stereocenters. The number of methoxy groups -OCH3 is 1. The second-order valence-electron chi connectivity index (χ2n) is 6.10. The predicted octanol–water partition coefficient (Wildman–Crippen LogP) is -0.543. The largest absolute Gasteiger partial charge is 0.480 e. The van der Waals surface area contributed by atoms with Gasteiger partial charge in [-0.25, -0.2) is 9.78 Å². The summed E-state index contributed by atoms with van der Waals surface area (Å²) < 4.78 is 4.50. The number of piperazine rings is 1. The monoisotopic (exact) mass is 423 g/mol. The van der Waals surface area contributed by atoms with Crippen LogP contribution in [0.1, 0.15) is 19.8 Å². The summed E-state index contributed by atoms with van der Waals surface area (Å²) in [6.45, 7) is 1.03. The second-order valence-corrected chi connectivity index (χ2v) is 6.10. The maximum Gasteiger partial charge on any atom is 0.324 e. The number of aliphatic carboxylic acids is 1. The lowest BCUT2D eigenvalue weighted by Gasteiger charge is -2.39. The van der Waals surface area contributed by atoms with Crippen molar-refractivity contribution in [2.24, 2.45) is 0 Å². The van der Waals surface area contributed by atoms with Crippen molar-refractivity contribution in [1.82, 2.24) is 20.1 Å². The van der Waals surface area contributed by atoms with Gasteiger partial charge in [0.1, 0.15) is 18.4 Å². The van der Waals surface area contributed by atoms with E-state index in [4.69, 9.17) is 10.8 Å². The van der Waals surface area contributed by atoms with Crippen LogP contribution in [0.4, 0.5) is 10.6 Å². The van der Waals surface area contributed by atoms with E-state index in [0.29, 0.717) is 5.82 Å². The summed E-state index contributed by atoms with van der Waals surface area (Å²) in [4.78, 5) is 63.8. The van der Waals surface area contributed by atoms with E-state index in [-0.39, 0.29) is 19.5 Å². The molecule has 1 aliphatic rings. The predicted molar refractivity (Wildman–Crippen MR) is 104 cm³/mol. The van der Waals surface area contributed by atoms with Gasteiger partial charge in [-0.2, -0.15) is 0 Å². The number of carboxylic acid groups (broad SMARTS) is 1. The molecule has 2 rings (SSSR count). The van der Waals surface area contributed by atoms with Crippen molar-refractivity contribution < 1.29 is 33.8 Å². The summed E-state index contributed by atoms with van der Waals surface area (Å²) in [5.74, 6) is -2.55. The normalized spacial score (nSPS) is 15.5. The van der Waals surface area contributed by atoms with Crippen LogP contribution in [0.3, 0.4) is 0 Å². The van der Waals surface area contributed by atoms with E-state index in [1.54, 1.807) is 19.2 Å². The minimum Gasteiger partial charge on any atom is -0.480 e. The molecule has 0 saturated carbocycles. The van der Waals surface area contributed by atoms with Crippen LogP contribution in [-0.2, 0) is 23.9 Å². The van der Waals surface area contributed by atoms with Gasteiger partial charge in [0.25, 0.3) is 0 Å². The Morgan fingerprint density at radius 3 is 2.47 bits per heavy atom. The van der Waals surface area contributed by atoms with E-state index >= 15 is 0 Å². The zero-order chi connectivity index (χ0) is 22.7. The quantitative estimate of drug-likeness (QED) is 0.526. The Kier molecular flexibility index (Phi) is 9.73. The molecule has 1 aromatic heterocycles. The number of rotatable bonds is 5. The molecular weight excluding hydrogens is 398 g/mol. The van der Waals surface area contributed by atoms with Crippen LogP contribution in [-0.4, -0.2) is 82.5 Å². The number of nitrogens with two attached hydrogens (primary N) is 1. The van der Waals surface area contributed by atoms with Crippen LogP contribution in [0.5, 0.6) is 0 Å². The summed E-state index contributed by atoms with van der Waals surface area (Å²) in [5.41, 5.74) is 5.25. The highest BCUT2D eigenvalue weighted by Crippen LogP contribution is 2.15. The fourth-order valence-electron chi connectivity index (χ4n) is 2.50. The minimum atomic E-state index is -1.21. The zero-order valence-corrected chi connectivity index (χ0v) is 16.7. The maximum atomic E-state index is 12.3. The molecule has 1 aliphatic heterocycles. The summed E-state index contributed by atoms with van der Waals surface area (Å²) >= 11 is 0. The first-order valence-corrected chi connectivity index (χ1v) is 9.03. The lowest BCUT2D eigenvalue weighted by molar-refractivity contribution is -0.152. The Balaban J connectivity index is 0.000000539. The number of anilines is 1. The van der Waals surface area contributed by atoms with Gasteiger partial charge in [-0.15, -0.1) is 0 Å². The number of aromatic nitrogens is 1. The van der Waals surface area contributed by atoms with E-state index in [9.17, 15) is 24.0 Å². The first kappa shape index (κ1) is 24.3. The van der Waals surface area contributed by atoms with Crippen molar-refractivity contribution in [3.8, 4) is 0 Å². The third-order valence-electron chi connectivity index (χ3n) is 4.01. The van der Waals surface area contributed by atoms with Crippen LogP contribution in [0, 0.1) is 0 Å². The number of esters is 1. The molecule has 1 aromatic rings. The Bertz CT molecular complexity index is 771. The molecule has 164 valence electrons. The number of nitrogens with one attached hydrogen (secondary N) is 1.